The summed E-state index contributed by atoms with van der Waals surface area (Å²) < 4.78 is 0. The molecule has 0 amide bonds. The van der Waals surface area contributed by atoms with Crippen molar-refractivity contribution in [2.75, 3.05) is 0 Å². The van der Waals surface area contributed by atoms with Crippen LogP contribution in [0.4, 0.5) is 0 Å². The maximum Gasteiger partial charge on any atom is -0.0233 e. The van der Waals surface area contributed by atoms with E-state index in [1.54, 1.807) is 12.8 Å². The first-order valence-corrected chi connectivity index (χ1v) is 12.6. The lowest BCUT2D eigenvalue weighted by Gasteiger charge is -2.37. The molecule has 27 heavy (non-hydrogen) atoms. The van der Waals surface area contributed by atoms with E-state index < -0.39 is 0 Å². The highest BCUT2D eigenvalue weighted by atomic mass is 14.3. The van der Waals surface area contributed by atoms with Gasteiger partial charge in [-0.1, -0.05) is 50.5 Å². The summed E-state index contributed by atoms with van der Waals surface area (Å²) in [4.78, 5) is 0. The lowest BCUT2D eigenvalue weighted by Crippen LogP contribution is -2.25. The van der Waals surface area contributed by atoms with Gasteiger partial charge in [0.25, 0.3) is 0 Å². The zero-order valence-electron chi connectivity index (χ0n) is 18.4. The second kappa shape index (κ2) is 11.5. The molecule has 3 aliphatic rings. The fraction of sp³-hybridized carbons (Fsp3) is 0.852. The van der Waals surface area contributed by atoms with Crippen LogP contribution in [0.5, 0.6) is 0 Å². The molecule has 0 unspecified atom stereocenters. The molecule has 0 saturated heterocycles. The zero-order chi connectivity index (χ0) is 18.9. The largest absolute Gasteiger partial charge is 0.0914 e. The lowest BCUT2D eigenvalue weighted by molar-refractivity contribution is 0.154. The van der Waals surface area contributed by atoms with Gasteiger partial charge in [-0.05, 0) is 119 Å². The predicted octanol–water partition coefficient (Wildman–Crippen LogP) is 8.73. The van der Waals surface area contributed by atoms with Crippen molar-refractivity contribution in [3.63, 3.8) is 0 Å². The second-order valence-corrected chi connectivity index (χ2v) is 10.2. The maximum absolute atomic E-state index is 2.61. The Morgan fingerprint density at radius 3 is 1.74 bits per heavy atom. The minimum atomic E-state index is 0.883. The molecule has 0 aromatic carbocycles. The van der Waals surface area contributed by atoms with Gasteiger partial charge in [0.05, 0.1) is 0 Å². The SMILES string of the molecule is CC=CC1CCC(CCC=CC2CCC(C3CCC(CC)CC3)CC2)CC1. The van der Waals surface area contributed by atoms with Crippen molar-refractivity contribution in [2.24, 2.45) is 35.5 Å². The van der Waals surface area contributed by atoms with E-state index in [0.717, 1.165) is 35.5 Å². The lowest BCUT2D eigenvalue weighted by atomic mass is 9.69. The van der Waals surface area contributed by atoms with E-state index in [9.17, 15) is 0 Å². The summed E-state index contributed by atoms with van der Waals surface area (Å²) in [5.74, 6) is 5.99. The van der Waals surface area contributed by atoms with Crippen molar-refractivity contribution in [1.29, 1.82) is 0 Å². The van der Waals surface area contributed by atoms with Crippen molar-refractivity contribution in [3.8, 4) is 0 Å². The summed E-state index contributed by atoms with van der Waals surface area (Å²) in [6, 6.07) is 0. The van der Waals surface area contributed by atoms with E-state index in [2.05, 4.69) is 38.2 Å². The van der Waals surface area contributed by atoms with E-state index in [1.807, 2.05) is 0 Å². The van der Waals surface area contributed by atoms with Crippen LogP contribution < -0.4 is 0 Å². The van der Waals surface area contributed by atoms with E-state index in [-0.39, 0.29) is 0 Å². The van der Waals surface area contributed by atoms with Gasteiger partial charge in [-0.3, -0.25) is 0 Å². The minimum Gasteiger partial charge on any atom is -0.0914 e. The van der Waals surface area contributed by atoms with E-state index in [4.69, 9.17) is 0 Å². The Bertz CT molecular complexity index is 435. The summed E-state index contributed by atoms with van der Waals surface area (Å²) >= 11 is 0. The predicted molar refractivity (Wildman–Crippen MR) is 120 cm³/mol. The van der Waals surface area contributed by atoms with Crippen molar-refractivity contribution in [3.05, 3.63) is 24.3 Å². The molecule has 0 spiro atoms. The Balaban J connectivity index is 1.27. The molecular formula is C27H46. The Labute approximate surface area is 170 Å². The standard InChI is InChI=1S/C27H46/c1-3-7-23-10-12-24(13-11-23)8-5-6-9-25-16-20-27(21-17-25)26-18-14-22(4-2)15-19-26/h3,6-7,9,22-27H,4-5,8,10-21H2,1-2H3. The third-order valence-corrected chi connectivity index (χ3v) is 8.46. The smallest absolute Gasteiger partial charge is 0.0233 e. The van der Waals surface area contributed by atoms with Gasteiger partial charge in [-0.15, -0.1) is 0 Å². The quantitative estimate of drug-likeness (QED) is 0.393. The molecule has 3 fully saturated rings. The first kappa shape index (κ1) is 21.2. The van der Waals surface area contributed by atoms with Gasteiger partial charge in [0.15, 0.2) is 0 Å². The second-order valence-electron chi connectivity index (χ2n) is 10.2. The highest BCUT2D eigenvalue weighted by Gasteiger charge is 2.29. The summed E-state index contributed by atoms with van der Waals surface area (Å²) in [6.07, 6.45) is 32.0. The molecule has 3 saturated carbocycles. The van der Waals surface area contributed by atoms with Crippen LogP contribution in [0.3, 0.4) is 0 Å². The molecular weight excluding hydrogens is 324 g/mol. The van der Waals surface area contributed by atoms with Gasteiger partial charge in [0.2, 0.25) is 0 Å². The van der Waals surface area contributed by atoms with Crippen LogP contribution >= 0.6 is 0 Å². The van der Waals surface area contributed by atoms with Crippen molar-refractivity contribution in [1.82, 2.24) is 0 Å². The molecule has 0 bridgehead atoms. The van der Waals surface area contributed by atoms with Gasteiger partial charge in [0, 0.05) is 0 Å². The number of hydrogen-bond donors (Lipinski definition) is 0. The van der Waals surface area contributed by atoms with Crippen molar-refractivity contribution in [2.45, 2.75) is 110 Å². The first-order valence-electron chi connectivity index (χ1n) is 12.6. The zero-order valence-corrected chi connectivity index (χ0v) is 18.4. The van der Waals surface area contributed by atoms with Crippen molar-refractivity contribution >= 4 is 0 Å². The average Bonchev–Trinajstić information content (AvgIpc) is 2.73. The molecule has 0 nitrogen and oxygen atoms in total. The molecule has 0 aliphatic heterocycles. The summed E-state index contributed by atoms with van der Waals surface area (Å²) in [5.41, 5.74) is 0. The molecule has 0 atom stereocenters. The van der Waals surface area contributed by atoms with E-state index in [1.165, 1.54) is 83.5 Å². The van der Waals surface area contributed by atoms with Gasteiger partial charge in [-0.25, -0.2) is 0 Å². The van der Waals surface area contributed by atoms with Crippen LogP contribution in [-0.4, -0.2) is 0 Å². The monoisotopic (exact) mass is 370 g/mol. The first-order chi connectivity index (χ1) is 13.3. The van der Waals surface area contributed by atoms with Crippen LogP contribution in [-0.2, 0) is 0 Å². The van der Waals surface area contributed by atoms with Crippen LogP contribution in [0.25, 0.3) is 0 Å². The van der Waals surface area contributed by atoms with Crippen molar-refractivity contribution < 1.29 is 0 Å². The Morgan fingerprint density at radius 1 is 0.630 bits per heavy atom. The topological polar surface area (TPSA) is 0 Å². The Kier molecular flexibility index (Phi) is 9.01. The highest BCUT2D eigenvalue weighted by molar-refractivity contribution is 4.94. The molecule has 3 rings (SSSR count). The number of rotatable bonds is 7. The van der Waals surface area contributed by atoms with E-state index >= 15 is 0 Å². The summed E-state index contributed by atoms with van der Waals surface area (Å²) in [7, 11) is 0. The Morgan fingerprint density at radius 2 is 1.15 bits per heavy atom. The third kappa shape index (κ3) is 6.79. The highest BCUT2D eigenvalue weighted by Crippen LogP contribution is 2.42. The molecule has 0 aromatic heterocycles. The van der Waals surface area contributed by atoms with Crippen LogP contribution in [0.1, 0.15) is 110 Å². The van der Waals surface area contributed by atoms with Gasteiger partial charge in [-0.2, -0.15) is 0 Å². The normalized spacial score (nSPS) is 38.6. The number of allylic oxidation sites excluding steroid dienone is 4. The minimum absolute atomic E-state index is 0.883. The van der Waals surface area contributed by atoms with Gasteiger partial charge < -0.3 is 0 Å². The molecule has 0 heteroatoms. The fourth-order valence-electron chi connectivity index (χ4n) is 6.44. The average molecular weight is 371 g/mol. The Hall–Kier alpha value is -0.520. The van der Waals surface area contributed by atoms with Crippen LogP contribution in [0.2, 0.25) is 0 Å². The molecule has 0 heterocycles. The summed E-state index contributed by atoms with van der Waals surface area (Å²) in [5, 5.41) is 0. The van der Waals surface area contributed by atoms with E-state index in [0.29, 0.717) is 0 Å². The molecule has 0 radical (unpaired) electrons. The maximum atomic E-state index is 2.61. The third-order valence-electron chi connectivity index (χ3n) is 8.46. The van der Waals surface area contributed by atoms with Crippen LogP contribution in [0, 0.1) is 35.5 Å². The van der Waals surface area contributed by atoms with Gasteiger partial charge >= 0.3 is 0 Å². The summed E-state index contributed by atoms with van der Waals surface area (Å²) in [6.45, 7) is 4.55. The van der Waals surface area contributed by atoms with Crippen LogP contribution in [0.15, 0.2) is 24.3 Å². The number of hydrogen-bond acceptors (Lipinski definition) is 0. The fourth-order valence-corrected chi connectivity index (χ4v) is 6.44. The molecule has 0 aromatic rings. The molecule has 154 valence electrons. The van der Waals surface area contributed by atoms with Gasteiger partial charge in [0.1, 0.15) is 0 Å². The molecule has 0 N–H and O–H groups in total. The molecule has 3 aliphatic carbocycles.